The van der Waals surface area contributed by atoms with Gasteiger partial charge in [-0.25, -0.2) is 0 Å². The predicted molar refractivity (Wildman–Crippen MR) is 80.3 cm³/mol. The van der Waals surface area contributed by atoms with Gasteiger partial charge in [0.15, 0.2) is 0 Å². The molecule has 1 aliphatic heterocycles. The van der Waals surface area contributed by atoms with Gasteiger partial charge in [-0.2, -0.15) is 0 Å². The normalized spacial score (nSPS) is 33.8. The third-order valence-electron chi connectivity index (χ3n) is 5.19. The minimum atomic E-state index is -0.0463. The van der Waals surface area contributed by atoms with Gasteiger partial charge in [-0.3, -0.25) is 4.90 Å². The third-order valence-corrected chi connectivity index (χ3v) is 5.19. The minimum absolute atomic E-state index is 0.0463. The molecule has 0 aromatic carbocycles. The van der Waals surface area contributed by atoms with E-state index in [-0.39, 0.29) is 6.10 Å². The fraction of sp³-hybridized carbons (Fsp3) is 1.00. The Morgan fingerprint density at radius 3 is 2.53 bits per heavy atom. The highest BCUT2D eigenvalue weighted by atomic mass is 16.3. The van der Waals surface area contributed by atoms with Crippen molar-refractivity contribution in [2.24, 2.45) is 5.92 Å². The van der Waals surface area contributed by atoms with Crippen molar-refractivity contribution in [2.45, 2.75) is 64.5 Å². The SMILES string of the molecule is CCN(CC)C1CCN(CC2CCCCCC2O)C1. The van der Waals surface area contributed by atoms with E-state index in [2.05, 4.69) is 23.6 Å². The van der Waals surface area contributed by atoms with E-state index in [1.807, 2.05) is 0 Å². The van der Waals surface area contributed by atoms with E-state index in [0.29, 0.717) is 5.92 Å². The highest BCUT2D eigenvalue weighted by Crippen LogP contribution is 2.26. The first-order valence-corrected chi connectivity index (χ1v) is 8.39. The summed E-state index contributed by atoms with van der Waals surface area (Å²) in [7, 11) is 0. The molecule has 2 aliphatic rings. The summed E-state index contributed by atoms with van der Waals surface area (Å²) in [5.41, 5.74) is 0. The van der Waals surface area contributed by atoms with Gasteiger partial charge >= 0.3 is 0 Å². The fourth-order valence-electron chi connectivity index (χ4n) is 3.93. The van der Waals surface area contributed by atoms with Crippen molar-refractivity contribution in [3.05, 3.63) is 0 Å². The zero-order valence-corrected chi connectivity index (χ0v) is 12.9. The maximum absolute atomic E-state index is 10.2. The van der Waals surface area contributed by atoms with E-state index in [1.165, 1.54) is 58.3 Å². The molecule has 0 amide bonds. The van der Waals surface area contributed by atoms with E-state index in [0.717, 1.165) is 19.0 Å². The van der Waals surface area contributed by atoms with Crippen molar-refractivity contribution < 1.29 is 5.11 Å². The summed E-state index contributed by atoms with van der Waals surface area (Å²) in [5.74, 6) is 0.526. The van der Waals surface area contributed by atoms with Crippen molar-refractivity contribution in [3.63, 3.8) is 0 Å². The maximum atomic E-state index is 10.2. The Morgan fingerprint density at radius 2 is 1.79 bits per heavy atom. The van der Waals surface area contributed by atoms with Crippen LogP contribution in [0.25, 0.3) is 0 Å². The number of nitrogens with zero attached hydrogens (tertiary/aromatic N) is 2. The fourth-order valence-corrected chi connectivity index (χ4v) is 3.93. The van der Waals surface area contributed by atoms with E-state index >= 15 is 0 Å². The van der Waals surface area contributed by atoms with E-state index in [4.69, 9.17) is 0 Å². The van der Waals surface area contributed by atoms with Crippen LogP contribution in [0, 0.1) is 5.92 Å². The summed E-state index contributed by atoms with van der Waals surface area (Å²) in [5, 5.41) is 10.2. The quantitative estimate of drug-likeness (QED) is 0.775. The molecule has 1 N–H and O–H groups in total. The van der Waals surface area contributed by atoms with E-state index in [1.54, 1.807) is 0 Å². The molecule has 1 aliphatic carbocycles. The number of likely N-dealkylation sites (tertiary alicyclic amines) is 1. The average molecular weight is 268 g/mol. The second kappa shape index (κ2) is 7.61. The Bertz CT molecular complexity index is 255. The van der Waals surface area contributed by atoms with Gasteiger partial charge in [-0.1, -0.05) is 33.1 Å². The lowest BCUT2D eigenvalue weighted by Crippen LogP contribution is -2.39. The van der Waals surface area contributed by atoms with Crippen LogP contribution in [0.3, 0.4) is 0 Å². The van der Waals surface area contributed by atoms with Crippen molar-refractivity contribution in [1.82, 2.24) is 9.80 Å². The first kappa shape index (κ1) is 15.3. The van der Waals surface area contributed by atoms with Crippen molar-refractivity contribution in [2.75, 3.05) is 32.7 Å². The molecule has 0 spiro atoms. The van der Waals surface area contributed by atoms with Crippen LogP contribution in [0.4, 0.5) is 0 Å². The molecule has 19 heavy (non-hydrogen) atoms. The summed E-state index contributed by atoms with van der Waals surface area (Å²) in [6.07, 6.45) is 7.37. The number of likely N-dealkylation sites (N-methyl/N-ethyl adjacent to an activating group) is 1. The van der Waals surface area contributed by atoms with Crippen LogP contribution in [0.1, 0.15) is 52.4 Å². The molecular formula is C16H32N2O. The van der Waals surface area contributed by atoms with Gasteiger partial charge in [0.05, 0.1) is 6.10 Å². The van der Waals surface area contributed by atoms with Crippen molar-refractivity contribution >= 4 is 0 Å². The standard InChI is InChI=1S/C16H32N2O/c1-3-18(4-2)15-10-11-17(13-15)12-14-8-6-5-7-9-16(14)19/h14-16,19H,3-13H2,1-2H3. The molecule has 3 atom stereocenters. The third kappa shape index (κ3) is 4.17. The molecule has 0 aromatic heterocycles. The van der Waals surface area contributed by atoms with Crippen molar-refractivity contribution in [3.8, 4) is 0 Å². The molecule has 112 valence electrons. The summed E-state index contributed by atoms with van der Waals surface area (Å²) in [6, 6.07) is 0.748. The Morgan fingerprint density at radius 1 is 1.05 bits per heavy atom. The minimum Gasteiger partial charge on any atom is -0.393 e. The molecule has 3 heteroatoms. The lowest BCUT2D eigenvalue weighted by Gasteiger charge is -2.28. The number of hydrogen-bond acceptors (Lipinski definition) is 3. The molecule has 2 rings (SSSR count). The molecule has 2 fully saturated rings. The lowest BCUT2D eigenvalue weighted by atomic mass is 9.97. The molecule has 0 radical (unpaired) electrons. The molecular weight excluding hydrogens is 236 g/mol. The van der Waals surface area contributed by atoms with Crippen LogP contribution in [0.15, 0.2) is 0 Å². The molecule has 3 nitrogen and oxygen atoms in total. The first-order chi connectivity index (χ1) is 9.24. The molecule has 1 saturated heterocycles. The second-order valence-electron chi connectivity index (χ2n) is 6.39. The van der Waals surface area contributed by atoms with Crippen LogP contribution < -0.4 is 0 Å². The summed E-state index contributed by atoms with van der Waals surface area (Å²) < 4.78 is 0. The first-order valence-electron chi connectivity index (χ1n) is 8.39. The molecule has 3 unspecified atom stereocenters. The highest BCUT2D eigenvalue weighted by molar-refractivity contribution is 4.85. The van der Waals surface area contributed by atoms with Crippen LogP contribution in [-0.4, -0.2) is 59.8 Å². The second-order valence-corrected chi connectivity index (χ2v) is 6.39. The summed E-state index contributed by atoms with van der Waals surface area (Å²) in [6.45, 7) is 10.4. The number of aliphatic hydroxyl groups is 1. The summed E-state index contributed by atoms with van der Waals surface area (Å²) >= 11 is 0. The highest BCUT2D eigenvalue weighted by Gasteiger charge is 2.30. The number of rotatable bonds is 5. The topological polar surface area (TPSA) is 26.7 Å². The van der Waals surface area contributed by atoms with Gasteiger partial charge in [-0.15, -0.1) is 0 Å². The molecule has 0 aromatic rings. The van der Waals surface area contributed by atoms with Crippen LogP contribution in [-0.2, 0) is 0 Å². The van der Waals surface area contributed by atoms with Gasteiger partial charge < -0.3 is 10.0 Å². The van der Waals surface area contributed by atoms with Crippen molar-refractivity contribution in [1.29, 1.82) is 0 Å². The van der Waals surface area contributed by atoms with E-state index < -0.39 is 0 Å². The van der Waals surface area contributed by atoms with E-state index in [9.17, 15) is 5.11 Å². The Hall–Kier alpha value is -0.120. The predicted octanol–water partition coefficient (Wildman–Crippen LogP) is 2.34. The smallest absolute Gasteiger partial charge is 0.0580 e. The molecule has 1 heterocycles. The van der Waals surface area contributed by atoms with Crippen LogP contribution in [0.2, 0.25) is 0 Å². The van der Waals surface area contributed by atoms with Crippen LogP contribution >= 0.6 is 0 Å². The van der Waals surface area contributed by atoms with Crippen LogP contribution in [0.5, 0.6) is 0 Å². The Kier molecular flexibility index (Phi) is 6.11. The Balaban J connectivity index is 1.80. The van der Waals surface area contributed by atoms with Gasteiger partial charge in [0, 0.05) is 19.1 Å². The molecule has 1 saturated carbocycles. The van der Waals surface area contributed by atoms with Gasteiger partial charge in [0.2, 0.25) is 0 Å². The number of hydrogen-bond donors (Lipinski definition) is 1. The van der Waals surface area contributed by atoms with Gasteiger partial charge in [-0.05, 0) is 44.8 Å². The average Bonchev–Trinajstić information content (AvgIpc) is 2.77. The largest absolute Gasteiger partial charge is 0.393 e. The van der Waals surface area contributed by atoms with Gasteiger partial charge in [0.25, 0.3) is 0 Å². The molecule has 0 bridgehead atoms. The summed E-state index contributed by atoms with van der Waals surface area (Å²) in [4.78, 5) is 5.19. The Labute approximate surface area is 119 Å². The number of aliphatic hydroxyl groups excluding tert-OH is 1. The zero-order valence-electron chi connectivity index (χ0n) is 12.9. The monoisotopic (exact) mass is 268 g/mol. The van der Waals surface area contributed by atoms with Gasteiger partial charge in [0.1, 0.15) is 0 Å². The maximum Gasteiger partial charge on any atom is 0.0580 e. The lowest BCUT2D eigenvalue weighted by molar-refractivity contribution is 0.0769. The zero-order chi connectivity index (χ0) is 13.7.